The molecule has 0 aliphatic carbocycles. The minimum atomic E-state index is -0.399. The third kappa shape index (κ3) is 4.25. The monoisotopic (exact) mass is 393 g/mol. The van der Waals surface area contributed by atoms with Crippen LogP contribution in [0.1, 0.15) is 54.0 Å². The Morgan fingerprint density at radius 2 is 1.86 bits per heavy atom. The fourth-order valence-electron chi connectivity index (χ4n) is 4.41. The van der Waals surface area contributed by atoms with E-state index in [4.69, 9.17) is 5.10 Å². The Balaban J connectivity index is 1.65. The molecule has 2 aromatic rings. The molecule has 2 aliphatic heterocycles. The van der Waals surface area contributed by atoms with Gasteiger partial charge in [0.2, 0.25) is 0 Å². The summed E-state index contributed by atoms with van der Waals surface area (Å²) in [5.74, 6) is -0.342. The van der Waals surface area contributed by atoms with E-state index in [1.807, 2.05) is 6.07 Å². The lowest BCUT2D eigenvalue weighted by molar-refractivity contribution is -0.134. The molecule has 1 unspecified atom stereocenters. The van der Waals surface area contributed by atoms with E-state index in [9.17, 15) is 9.18 Å². The molecule has 1 saturated heterocycles. The molecule has 0 spiro atoms. The highest BCUT2D eigenvalue weighted by molar-refractivity contribution is 6.04. The third-order valence-electron chi connectivity index (χ3n) is 5.93. The summed E-state index contributed by atoms with van der Waals surface area (Å²) in [6, 6.07) is 12.6. The van der Waals surface area contributed by atoms with E-state index in [0.29, 0.717) is 18.5 Å². The first-order chi connectivity index (χ1) is 14.0. The van der Waals surface area contributed by atoms with Crippen molar-refractivity contribution in [1.29, 1.82) is 0 Å². The Morgan fingerprint density at radius 1 is 1.10 bits per heavy atom. The minimum Gasteiger partial charge on any atom is -0.294 e. The van der Waals surface area contributed by atoms with Crippen LogP contribution in [0.15, 0.2) is 47.6 Å². The average Bonchev–Trinajstić information content (AvgIpc) is 3.14. The minimum absolute atomic E-state index is 0.0556. The lowest BCUT2D eigenvalue weighted by Gasteiger charge is -2.29. The summed E-state index contributed by atoms with van der Waals surface area (Å²) in [6.45, 7) is 6.34. The highest BCUT2D eigenvalue weighted by Crippen LogP contribution is 2.35. The topological polar surface area (TPSA) is 35.9 Å². The second-order valence-corrected chi connectivity index (χ2v) is 8.18. The van der Waals surface area contributed by atoms with Crippen molar-refractivity contribution in [2.45, 2.75) is 45.6 Å². The van der Waals surface area contributed by atoms with Crippen molar-refractivity contribution in [2.24, 2.45) is 5.10 Å². The molecule has 0 bridgehead atoms. The summed E-state index contributed by atoms with van der Waals surface area (Å²) in [5.41, 5.74) is 4.73. The summed E-state index contributed by atoms with van der Waals surface area (Å²) >= 11 is 0. The Bertz CT molecular complexity index is 933. The van der Waals surface area contributed by atoms with E-state index in [-0.39, 0.29) is 11.7 Å². The molecule has 29 heavy (non-hydrogen) atoms. The number of carbonyl (C=O) groups is 1. The number of carbonyl (C=O) groups excluding carboxylic acids is 1. The van der Waals surface area contributed by atoms with Crippen LogP contribution in [-0.2, 0) is 4.79 Å². The molecule has 0 aromatic heterocycles. The smallest absolute Gasteiger partial charge is 0.257 e. The van der Waals surface area contributed by atoms with E-state index >= 15 is 0 Å². The van der Waals surface area contributed by atoms with Gasteiger partial charge in [-0.25, -0.2) is 9.40 Å². The number of halogens is 1. The van der Waals surface area contributed by atoms with Crippen LogP contribution < -0.4 is 0 Å². The van der Waals surface area contributed by atoms with Crippen LogP contribution in [0.5, 0.6) is 0 Å². The van der Waals surface area contributed by atoms with E-state index in [0.717, 1.165) is 42.8 Å². The molecule has 1 fully saturated rings. The molecule has 0 saturated carbocycles. The van der Waals surface area contributed by atoms with Gasteiger partial charge in [0.15, 0.2) is 0 Å². The van der Waals surface area contributed by atoms with Gasteiger partial charge < -0.3 is 0 Å². The molecule has 1 atom stereocenters. The Hall–Kier alpha value is -2.53. The fourth-order valence-corrected chi connectivity index (χ4v) is 4.41. The largest absolute Gasteiger partial charge is 0.294 e. The van der Waals surface area contributed by atoms with Gasteiger partial charge in [0.25, 0.3) is 5.91 Å². The first-order valence-electron chi connectivity index (χ1n) is 10.5. The van der Waals surface area contributed by atoms with Crippen molar-refractivity contribution in [3.63, 3.8) is 0 Å². The molecule has 4 rings (SSSR count). The maximum atomic E-state index is 14.6. The summed E-state index contributed by atoms with van der Waals surface area (Å²) in [7, 11) is 0. The summed E-state index contributed by atoms with van der Waals surface area (Å²) < 4.78 is 14.6. The molecule has 2 aliphatic rings. The number of likely N-dealkylation sites (tertiary alicyclic amines) is 1. The summed E-state index contributed by atoms with van der Waals surface area (Å²) in [5, 5.41) is 6.25. The number of hydrogen-bond acceptors (Lipinski definition) is 3. The van der Waals surface area contributed by atoms with Crippen LogP contribution in [0.2, 0.25) is 0 Å². The standard InChI is InChI=1S/C24H28FN3O/c1-17-10-11-19(18(2)14-17)22-15-23(20-8-4-5-9-21(20)25)28(26-22)24(29)16-27-12-6-3-7-13-27/h4-5,8-11,14,23H,3,6-7,12-13,15-16H2,1-2H3. The van der Waals surface area contributed by atoms with Crippen LogP contribution in [0.4, 0.5) is 4.39 Å². The van der Waals surface area contributed by atoms with Crippen LogP contribution in [0.25, 0.3) is 0 Å². The molecular weight excluding hydrogens is 365 g/mol. The first-order valence-corrected chi connectivity index (χ1v) is 10.5. The maximum absolute atomic E-state index is 14.6. The number of benzene rings is 2. The second kappa shape index (κ2) is 8.46. The molecule has 1 amide bonds. The van der Waals surface area contributed by atoms with Gasteiger partial charge >= 0.3 is 0 Å². The molecule has 0 N–H and O–H groups in total. The molecule has 4 nitrogen and oxygen atoms in total. The predicted octanol–water partition coefficient (Wildman–Crippen LogP) is 4.61. The Morgan fingerprint density at radius 3 is 2.59 bits per heavy atom. The second-order valence-electron chi connectivity index (χ2n) is 8.18. The SMILES string of the molecule is Cc1ccc(C2=NN(C(=O)CN3CCCCC3)C(c3ccccc3F)C2)c(C)c1. The van der Waals surface area contributed by atoms with Crippen molar-refractivity contribution in [3.05, 3.63) is 70.5 Å². The lowest BCUT2D eigenvalue weighted by atomic mass is 9.95. The van der Waals surface area contributed by atoms with E-state index in [1.165, 1.54) is 23.1 Å². The normalized spacial score (nSPS) is 20.0. The van der Waals surface area contributed by atoms with Crippen LogP contribution in [-0.4, -0.2) is 41.2 Å². The summed E-state index contributed by atoms with van der Waals surface area (Å²) in [6.07, 6.45) is 4.00. The number of nitrogens with zero attached hydrogens (tertiary/aromatic N) is 3. The van der Waals surface area contributed by atoms with Crippen LogP contribution in [0.3, 0.4) is 0 Å². The van der Waals surface area contributed by atoms with Gasteiger partial charge in [0.05, 0.1) is 18.3 Å². The molecule has 2 heterocycles. The summed E-state index contributed by atoms with van der Waals surface area (Å²) in [4.78, 5) is 15.4. The highest BCUT2D eigenvalue weighted by Gasteiger charge is 2.35. The van der Waals surface area contributed by atoms with E-state index in [2.05, 4.69) is 36.9 Å². The van der Waals surface area contributed by atoms with E-state index < -0.39 is 6.04 Å². The van der Waals surface area contributed by atoms with Gasteiger partial charge in [-0.05, 0) is 51.4 Å². The quantitative estimate of drug-likeness (QED) is 0.761. The van der Waals surface area contributed by atoms with Gasteiger partial charge in [-0.1, -0.05) is 48.4 Å². The highest BCUT2D eigenvalue weighted by atomic mass is 19.1. The first kappa shape index (κ1) is 19.8. The molecule has 0 radical (unpaired) electrons. The number of hydrogen-bond donors (Lipinski definition) is 0. The molecular formula is C24H28FN3O. The van der Waals surface area contributed by atoms with Gasteiger partial charge in [0, 0.05) is 17.5 Å². The third-order valence-corrected chi connectivity index (χ3v) is 5.93. The van der Waals surface area contributed by atoms with E-state index in [1.54, 1.807) is 12.1 Å². The average molecular weight is 394 g/mol. The van der Waals surface area contributed by atoms with Crippen molar-refractivity contribution in [3.8, 4) is 0 Å². The number of aryl methyl sites for hydroxylation is 2. The molecule has 152 valence electrons. The number of rotatable bonds is 4. The Kier molecular flexibility index (Phi) is 5.76. The van der Waals surface area contributed by atoms with Crippen molar-refractivity contribution < 1.29 is 9.18 Å². The number of piperidine rings is 1. The zero-order chi connectivity index (χ0) is 20.4. The molecule has 2 aromatic carbocycles. The van der Waals surface area contributed by atoms with Crippen LogP contribution in [0, 0.1) is 19.7 Å². The van der Waals surface area contributed by atoms with Gasteiger partial charge in [-0.2, -0.15) is 5.10 Å². The van der Waals surface area contributed by atoms with Gasteiger partial charge in [-0.15, -0.1) is 0 Å². The number of hydrazone groups is 1. The zero-order valence-electron chi connectivity index (χ0n) is 17.2. The number of amides is 1. The maximum Gasteiger partial charge on any atom is 0.257 e. The van der Waals surface area contributed by atoms with Crippen molar-refractivity contribution in [1.82, 2.24) is 9.91 Å². The van der Waals surface area contributed by atoms with Gasteiger partial charge in [0.1, 0.15) is 5.82 Å². The lowest BCUT2D eigenvalue weighted by Crippen LogP contribution is -2.40. The zero-order valence-corrected chi connectivity index (χ0v) is 17.2. The van der Waals surface area contributed by atoms with Crippen molar-refractivity contribution in [2.75, 3.05) is 19.6 Å². The molecule has 5 heteroatoms. The predicted molar refractivity (Wildman–Crippen MR) is 113 cm³/mol. The van der Waals surface area contributed by atoms with Gasteiger partial charge in [-0.3, -0.25) is 9.69 Å². The Labute approximate surface area is 172 Å². The van der Waals surface area contributed by atoms with Crippen LogP contribution >= 0.6 is 0 Å². The fraction of sp³-hybridized carbons (Fsp3) is 0.417. The van der Waals surface area contributed by atoms with Crippen molar-refractivity contribution >= 4 is 11.6 Å².